The zero-order chi connectivity index (χ0) is 18.2. The normalized spacial score (nSPS) is 15.1. The molecule has 0 atom stereocenters. The first-order valence-electron chi connectivity index (χ1n) is 7.83. The smallest absolute Gasteiger partial charge is 0.341 e. The molecule has 9 heteroatoms. The van der Waals surface area contributed by atoms with Gasteiger partial charge in [0.15, 0.2) is 5.69 Å². The van der Waals surface area contributed by atoms with E-state index < -0.39 is 18.6 Å². The number of carbonyl (C=O) groups excluding carboxylic acids is 1. The Labute approximate surface area is 142 Å². The number of amides is 1. The number of alkyl halides is 3. The Hall–Kier alpha value is -2.42. The van der Waals surface area contributed by atoms with Crippen molar-refractivity contribution in [3.63, 3.8) is 0 Å². The van der Waals surface area contributed by atoms with Crippen LogP contribution in [0, 0.1) is 6.92 Å². The minimum absolute atomic E-state index is 0.102. The molecule has 25 heavy (non-hydrogen) atoms. The minimum atomic E-state index is -4.47. The van der Waals surface area contributed by atoms with E-state index in [0.29, 0.717) is 5.69 Å². The second-order valence-electron chi connectivity index (χ2n) is 6.14. The van der Waals surface area contributed by atoms with E-state index in [-0.39, 0.29) is 5.69 Å². The molecular weight excluding hydrogens is 335 g/mol. The fraction of sp³-hybridized carbons (Fsp3) is 0.438. The molecule has 0 fully saturated rings. The number of hydrogen-bond acceptors (Lipinski definition) is 4. The summed E-state index contributed by atoms with van der Waals surface area (Å²) in [5.74, 6) is -0.884. The van der Waals surface area contributed by atoms with Crippen molar-refractivity contribution in [1.29, 1.82) is 0 Å². The van der Waals surface area contributed by atoms with Gasteiger partial charge in [-0.15, -0.1) is 5.10 Å². The van der Waals surface area contributed by atoms with Crippen molar-refractivity contribution in [3.05, 3.63) is 40.7 Å². The van der Waals surface area contributed by atoms with Crippen LogP contribution in [-0.4, -0.2) is 52.1 Å². The molecule has 1 N–H and O–H groups in total. The maximum absolute atomic E-state index is 12.3. The lowest BCUT2D eigenvalue weighted by atomic mass is 9.98. The molecule has 0 unspecified atom stereocenters. The molecule has 2 heterocycles. The van der Waals surface area contributed by atoms with E-state index in [1.807, 2.05) is 30.6 Å². The van der Waals surface area contributed by atoms with E-state index in [9.17, 15) is 18.0 Å². The van der Waals surface area contributed by atoms with Gasteiger partial charge in [-0.05, 0) is 37.6 Å². The van der Waals surface area contributed by atoms with Gasteiger partial charge in [-0.2, -0.15) is 13.2 Å². The third-order valence-electron chi connectivity index (χ3n) is 4.22. The number of halogens is 3. The maximum atomic E-state index is 12.3. The first-order valence-corrected chi connectivity index (χ1v) is 7.83. The Bertz CT molecular complexity index is 800. The lowest BCUT2D eigenvalue weighted by molar-refractivity contribution is -0.123. The third-order valence-corrected chi connectivity index (χ3v) is 4.22. The van der Waals surface area contributed by atoms with E-state index in [2.05, 4.69) is 15.2 Å². The molecule has 1 aromatic carbocycles. The highest BCUT2D eigenvalue weighted by molar-refractivity contribution is 5.93. The summed E-state index contributed by atoms with van der Waals surface area (Å²) < 4.78 is 38.3. The van der Waals surface area contributed by atoms with Crippen LogP contribution in [-0.2, 0) is 13.0 Å². The van der Waals surface area contributed by atoms with E-state index in [1.54, 1.807) is 6.92 Å². The molecule has 0 saturated heterocycles. The van der Waals surface area contributed by atoms with Gasteiger partial charge >= 0.3 is 6.18 Å². The molecule has 134 valence electrons. The van der Waals surface area contributed by atoms with Gasteiger partial charge in [-0.25, -0.2) is 4.68 Å². The summed E-state index contributed by atoms with van der Waals surface area (Å²) in [5.41, 5.74) is 3.41. The van der Waals surface area contributed by atoms with E-state index in [1.165, 1.54) is 10.2 Å². The predicted molar refractivity (Wildman–Crippen MR) is 84.5 cm³/mol. The molecule has 0 radical (unpaired) electrons. The summed E-state index contributed by atoms with van der Waals surface area (Å²) in [5, 5.41) is 9.60. The SMILES string of the molecule is Cc1c(C(=O)NCC(F)(F)F)nnn1-c1cccc2c1CCN(C)C2. The fourth-order valence-corrected chi connectivity index (χ4v) is 2.96. The standard InChI is InChI=1S/C16H18F3N5O/c1-10-14(15(25)20-9-16(17,18)19)21-22-24(10)13-5-3-4-11-8-23(2)7-6-12(11)13/h3-5H,6-9H2,1-2H3,(H,20,25). The van der Waals surface area contributed by atoms with Crippen LogP contribution < -0.4 is 5.32 Å². The van der Waals surface area contributed by atoms with Crippen LogP contribution in [0.4, 0.5) is 13.2 Å². The van der Waals surface area contributed by atoms with Crippen molar-refractivity contribution in [2.45, 2.75) is 26.1 Å². The Morgan fingerprint density at radius 3 is 2.84 bits per heavy atom. The van der Waals surface area contributed by atoms with Crippen molar-refractivity contribution >= 4 is 5.91 Å². The Kier molecular flexibility index (Phi) is 4.51. The van der Waals surface area contributed by atoms with Crippen molar-refractivity contribution in [2.24, 2.45) is 0 Å². The number of nitrogens with one attached hydrogen (secondary N) is 1. The zero-order valence-electron chi connectivity index (χ0n) is 13.9. The summed E-state index contributed by atoms with van der Waals surface area (Å²) in [4.78, 5) is 14.2. The number of carbonyl (C=O) groups is 1. The maximum Gasteiger partial charge on any atom is 0.405 e. The van der Waals surface area contributed by atoms with Gasteiger partial charge in [0.05, 0.1) is 11.4 Å². The predicted octanol–water partition coefficient (Wildman–Crippen LogP) is 1.86. The van der Waals surface area contributed by atoms with E-state index in [4.69, 9.17) is 0 Å². The highest BCUT2D eigenvalue weighted by Crippen LogP contribution is 2.25. The number of benzene rings is 1. The van der Waals surface area contributed by atoms with Gasteiger partial charge in [0.2, 0.25) is 0 Å². The fourth-order valence-electron chi connectivity index (χ4n) is 2.96. The second kappa shape index (κ2) is 6.47. The van der Waals surface area contributed by atoms with Crippen LogP contribution in [0.1, 0.15) is 27.3 Å². The Morgan fingerprint density at radius 1 is 1.36 bits per heavy atom. The molecular formula is C16H18F3N5O. The molecule has 6 nitrogen and oxygen atoms in total. The molecule has 1 aliphatic heterocycles. The number of nitrogens with zero attached hydrogens (tertiary/aromatic N) is 4. The number of hydrogen-bond donors (Lipinski definition) is 1. The summed E-state index contributed by atoms with van der Waals surface area (Å²) in [7, 11) is 2.04. The molecule has 0 spiro atoms. The third kappa shape index (κ3) is 3.65. The number of fused-ring (bicyclic) bond motifs is 1. The first-order chi connectivity index (χ1) is 11.8. The number of likely N-dealkylation sites (N-methyl/N-ethyl adjacent to an activating group) is 1. The largest absolute Gasteiger partial charge is 0.405 e. The monoisotopic (exact) mass is 353 g/mol. The van der Waals surface area contributed by atoms with E-state index in [0.717, 1.165) is 30.8 Å². The second-order valence-corrected chi connectivity index (χ2v) is 6.14. The number of aromatic nitrogens is 3. The summed E-state index contributed by atoms with van der Waals surface area (Å²) in [6.07, 6.45) is -3.64. The highest BCUT2D eigenvalue weighted by Gasteiger charge is 2.29. The van der Waals surface area contributed by atoms with Crippen molar-refractivity contribution in [3.8, 4) is 5.69 Å². The average molecular weight is 353 g/mol. The molecule has 0 saturated carbocycles. The Balaban J connectivity index is 1.90. The molecule has 1 amide bonds. The number of rotatable bonds is 3. The van der Waals surface area contributed by atoms with Gasteiger partial charge in [0, 0.05) is 13.1 Å². The molecule has 2 aromatic rings. The first kappa shape index (κ1) is 17.4. The zero-order valence-corrected chi connectivity index (χ0v) is 13.9. The van der Waals surface area contributed by atoms with Crippen LogP contribution in [0.25, 0.3) is 5.69 Å². The lowest BCUT2D eigenvalue weighted by Gasteiger charge is -2.26. The van der Waals surface area contributed by atoms with Gasteiger partial charge in [-0.1, -0.05) is 17.3 Å². The van der Waals surface area contributed by atoms with Gasteiger partial charge in [0.25, 0.3) is 5.91 Å². The highest BCUT2D eigenvalue weighted by atomic mass is 19.4. The van der Waals surface area contributed by atoms with Crippen molar-refractivity contribution in [2.75, 3.05) is 20.1 Å². The van der Waals surface area contributed by atoms with Crippen LogP contribution >= 0.6 is 0 Å². The topological polar surface area (TPSA) is 63.1 Å². The van der Waals surface area contributed by atoms with Crippen LogP contribution in [0.3, 0.4) is 0 Å². The molecule has 0 bridgehead atoms. The quantitative estimate of drug-likeness (QED) is 0.915. The summed E-state index contributed by atoms with van der Waals surface area (Å²) in [6, 6.07) is 5.82. The Morgan fingerprint density at radius 2 is 2.12 bits per heavy atom. The van der Waals surface area contributed by atoms with Crippen molar-refractivity contribution in [1.82, 2.24) is 25.2 Å². The lowest BCUT2D eigenvalue weighted by Crippen LogP contribution is -2.34. The van der Waals surface area contributed by atoms with Gasteiger partial charge < -0.3 is 10.2 Å². The van der Waals surface area contributed by atoms with Crippen LogP contribution in [0.2, 0.25) is 0 Å². The van der Waals surface area contributed by atoms with Crippen LogP contribution in [0.15, 0.2) is 18.2 Å². The van der Waals surface area contributed by atoms with Crippen molar-refractivity contribution < 1.29 is 18.0 Å². The summed E-state index contributed by atoms with van der Waals surface area (Å²) in [6.45, 7) is 1.94. The molecule has 1 aliphatic rings. The minimum Gasteiger partial charge on any atom is -0.341 e. The summed E-state index contributed by atoms with van der Waals surface area (Å²) >= 11 is 0. The average Bonchev–Trinajstić information content (AvgIpc) is 2.92. The van der Waals surface area contributed by atoms with Crippen LogP contribution in [0.5, 0.6) is 0 Å². The molecule has 3 rings (SSSR count). The molecule has 1 aromatic heterocycles. The van der Waals surface area contributed by atoms with Gasteiger partial charge in [0.1, 0.15) is 6.54 Å². The molecule has 0 aliphatic carbocycles. The van der Waals surface area contributed by atoms with Gasteiger partial charge in [-0.3, -0.25) is 4.79 Å². The van der Waals surface area contributed by atoms with E-state index >= 15 is 0 Å².